The molecule has 1 fully saturated rings. The Bertz CT molecular complexity index is 125. The standard InChI is InChI=1S/C9H19NO/c1-7-5-6-8(7)9(11-4)10(2)3/h7-9H,5-6H2,1-4H3. The van der Waals surface area contributed by atoms with Crippen LogP contribution < -0.4 is 0 Å². The summed E-state index contributed by atoms with van der Waals surface area (Å²) in [5, 5.41) is 0. The highest BCUT2D eigenvalue weighted by molar-refractivity contribution is 4.82. The van der Waals surface area contributed by atoms with Crippen molar-refractivity contribution < 1.29 is 4.74 Å². The Morgan fingerprint density at radius 3 is 2.09 bits per heavy atom. The van der Waals surface area contributed by atoms with Crippen LogP contribution in [0.1, 0.15) is 19.8 Å². The second-order valence-electron chi connectivity index (χ2n) is 3.81. The molecule has 0 aliphatic heterocycles. The maximum atomic E-state index is 5.41. The van der Waals surface area contributed by atoms with Crippen LogP contribution >= 0.6 is 0 Å². The predicted octanol–water partition coefficient (Wildman–Crippen LogP) is 1.57. The normalized spacial score (nSPS) is 33.5. The van der Waals surface area contributed by atoms with Gasteiger partial charge in [0, 0.05) is 13.0 Å². The number of ether oxygens (including phenoxy) is 1. The largest absolute Gasteiger partial charge is 0.366 e. The molecule has 0 N–H and O–H groups in total. The molecule has 66 valence electrons. The van der Waals surface area contributed by atoms with Gasteiger partial charge in [-0.25, -0.2) is 0 Å². The zero-order valence-electron chi connectivity index (χ0n) is 8.00. The van der Waals surface area contributed by atoms with Gasteiger partial charge in [0.15, 0.2) is 0 Å². The summed E-state index contributed by atoms with van der Waals surface area (Å²) in [4.78, 5) is 2.17. The molecule has 0 aromatic carbocycles. The first-order valence-electron chi connectivity index (χ1n) is 4.36. The molecule has 3 atom stereocenters. The first kappa shape index (κ1) is 9.01. The molecule has 0 amide bonds. The monoisotopic (exact) mass is 157 g/mol. The second-order valence-corrected chi connectivity index (χ2v) is 3.81. The maximum Gasteiger partial charge on any atom is 0.112 e. The highest BCUT2D eigenvalue weighted by Gasteiger charge is 2.34. The van der Waals surface area contributed by atoms with Crippen LogP contribution in [-0.4, -0.2) is 32.3 Å². The van der Waals surface area contributed by atoms with E-state index in [1.807, 2.05) is 0 Å². The first-order chi connectivity index (χ1) is 5.16. The van der Waals surface area contributed by atoms with Crippen molar-refractivity contribution in [3.8, 4) is 0 Å². The predicted molar refractivity (Wildman–Crippen MR) is 46.4 cm³/mol. The van der Waals surface area contributed by atoms with Gasteiger partial charge in [0.25, 0.3) is 0 Å². The van der Waals surface area contributed by atoms with Crippen molar-refractivity contribution in [2.45, 2.75) is 26.0 Å². The molecule has 0 aromatic heterocycles. The molecule has 0 saturated heterocycles. The molecule has 1 saturated carbocycles. The number of hydrogen-bond acceptors (Lipinski definition) is 2. The van der Waals surface area contributed by atoms with Crippen LogP contribution in [0.25, 0.3) is 0 Å². The third kappa shape index (κ3) is 1.74. The second kappa shape index (κ2) is 3.55. The van der Waals surface area contributed by atoms with Crippen LogP contribution in [0.15, 0.2) is 0 Å². The average Bonchev–Trinajstić information content (AvgIpc) is 1.96. The molecular formula is C9H19NO. The number of nitrogens with zero attached hydrogens (tertiary/aromatic N) is 1. The van der Waals surface area contributed by atoms with E-state index in [1.54, 1.807) is 7.11 Å². The minimum atomic E-state index is 0.332. The quantitative estimate of drug-likeness (QED) is 0.576. The van der Waals surface area contributed by atoms with Crippen molar-refractivity contribution in [2.24, 2.45) is 11.8 Å². The smallest absolute Gasteiger partial charge is 0.112 e. The van der Waals surface area contributed by atoms with E-state index < -0.39 is 0 Å². The minimum Gasteiger partial charge on any atom is -0.366 e. The van der Waals surface area contributed by atoms with Crippen LogP contribution in [0, 0.1) is 11.8 Å². The fourth-order valence-corrected chi connectivity index (χ4v) is 1.88. The number of rotatable bonds is 3. The summed E-state index contributed by atoms with van der Waals surface area (Å²) in [5.41, 5.74) is 0. The van der Waals surface area contributed by atoms with E-state index in [9.17, 15) is 0 Å². The van der Waals surface area contributed by atoms with Crippen molar-refractivity contribution in [3.05, 3.63) is 0 Å². The van der Waals surface area contributed by atoms with Crippen LogP contribution in [0.4, 0.5) is 0 Å². The van der Waals surface area contributed by atoms with Crippen molar-refractivity contribution in [1.29, 1.82) is 0 Å². The summed E-state index contributed by atoms with van der Waals surface area (Å²) in [6, 6.07) is 0. The van der Waals surface area contributed by atoms with E-state index in [4.69, 9.17) is 4.74 Å². The van der Waals surface area contributed by atoms with E-state index in [2.05, 4.69) is 25.9 Å². The van der Waals surface area contributed by atoms with Gasteiger partial charge in [0.05, 0.1) is 0 Å². The lowest BCUT2D eigenvalue weighted by molar-refractivity contribution is -0.0907. The molecule has 0 aromatic rings. The molecule has 2 nitrogen and oxygen atoms in total. The highest BCUT2D eigenvalue weighted by atomic mass is 16.5. The van der Waals surface area contributed by atoms with Gasteiger partial charge in [-0.2, -0.15) is 0 Å². The zero-order valence-corrected chi connectivity index (χ0v) is 8.00. The average molecular weight is 157 g/mol. The summed E-state index contributed by atoms with van der Waals surface area (Å²) in [6.45, 7) is 2.31. The van der Waals surface area contributed by atoms with Crippen LogP contribution in [-0.2, 0) is 4.74 Å². The van der Waals surface area contributed by atoms with Crippen LogP contribution in [0.2, 0.25) is 0 Å². The van der Waals surface area contributed by atoms with Crippen LogP contribution in [0.5, 0.6) is 0 Å². The van der Waals surface area contributed by atoms with E-state index in [-0.39, 0.29) is 0 Å². The fraction of sp³-hybridized carbons (Fsp3) is 1.00. The van der Waals surface area contributed by atoms with Crippen molar-refractivity contribution >= 4 is 0 Å². The van der Waals surface area contributed by atoms with E-state index in [0.717, 1.165) is 11.8 Å². The Morgan fingerprint density at radius 2 is 2.00 bits per heavy atom. The Hall–Kier alpha value is -0.0800. The van der Waals surface area contributed by atoms with Gasteiger partial charge < -0.3 is 4.74 Å². The van der Waals surface area contributed by atoms with Crippen molar-refractivity contribution in [3.63, 3.8) is 0 Å². The molecule has 0 radical (unpaired) electrons. The summed E-state index contributed by atoms with van der Waals surface area (Å²) >= 11 is 0. The summed E-state index contributed by atoms with van der Waals surface area (Å²) in [7, 11) is 5.97. The van der Waals surface area contributed by atoms with E-state index in [1.165, 1.54) is 12.8 Å². The molecule has 3 unspecified atom stereocenters. The van der Waals surface area contributed by atoms with Crippen LogP contribution in [0.3, 0.4) is 0 Å². The molecule has 0 bridgehead atoms. The Morgan fingerprint density at radius 1 is 1.36 bits per heavy atom. The molecule has 11 heavy (non-hydrogen) atoms. The van der Waals surface area contributed by atoms with Gasteiger partial charge in [0.2, 0.25) is 0 Å². The third-order valence-corrected chi connectivity index (χ3v) is 2.80. The lowest BCUT2D eigenvalue weighted by Gasteiger charge is -2.41. The molecular weight excluding hydrogens is 138 g/mol. The van der Waals surface area contributed by atoms with Gasteiger partial charge >= 0.3 is 0 Å². The Kier molecular flexibility index (Phi) is 2.90. The van der Waals surface area contributed by atoms with Crippen molar-refractivity contribution in [1.82, 2.24) is 4.90 Å². The summed E-state index contributed by atoms with van der Waals surface area (Å²) in [5.74, 6) is 1.61. The third-order valence-electron chi connectivity index (χ3n) is 2.80. The number of methoxy groups -OCH3 is 1. The zero-order chi connectivity index (χ0) is 8.43. The summed E-state index contributed by atoms with van der Waals surface area (Å²) < 4.78 is 5.41. The Balaban J connectivity index is 2.41. The molecule has 2 heteroatoms. The molecule has 1 aliphatic rings. The topological polar surface area (TPSA) is 12.5 Å². The van der Waals surface area contributed by atoms with E-state index in [0.29, 0.717) is 6.23 Å². The van der Waals surface area contributed by atoms with Gasteiger partial charge in [-0.05, 0) is 32.9 Å². The van der Waals surface area contributed by atoms with Gasteiger partial charge in [-0.15, -0.1) is 0 Å². The van der Waals surface area contributed by atoms with Crippen molar-refractivity contribution in [2.75, 3.05) is 21.2 Å². The molecule has 1 aliphatic carbocycles. The lowest BCUT2D eigenvalue weighted by atomic mass is 9.73. The highest BCUT2D eigenvalue weighted by Crippen LogP contribution is 2.37. The molecule has 1 rings (SSSR count). The fourth-order valence-electron chi connectivity index (χ4n) is 1.88. The maximum absolute atomic E-state index is 5.41. The SMILES string of the molecule is COC(C1CCC1C)N(C)C. The van der Waals surface area contributed by atoms with Gasteiger partial charge in [-0.1, -0.05) is 6.92 Å². The molecule has 0 spiro atoms. The van der Waals surface area contributed by atoms with Gasteiger partial charge in [-0.3, -0.25) is 4.90 Å². The molecule has 0 heterocycles. The lowest BCUT2D eigenvalue weighted by Crippen LogP contribution is -2.44. The Labute approximate surface area is 69.5 Å². The summed E-state index contributed by atoms with van der Waals surface area (Å²) in [6.07, 6.45) is 3.04. The van der Waals surface area contributed by atoms with E-state index >= 15 is 0 Å². The first-order valence-corrected chi connectivity index (χ1v) is 4.36. The van der Waals surface area contributed by atoms with Gasteiger partial charge in [0.1, 0.15) is 6.23 Å². The minimum absolute atomic E-state index is 0.332. The number of hydrogen-bond donors (Lipinski definition) is 0.